The number of aliphatic hydroxyl groups excluding tert-OH is 1. The monoisotopic (exact) mass is 508 g/mol. The van der Waals surface area contributed by atoms with E-state index in [0.29, 0.717) is 63.5 Å². The zero-order chi connectivity index (χ0) is 26.4. The lowest BCUT2D eigenvalue weighted by atomic mass is 9.90. The topological polar surface area (TPSA) is 132 Å². The van der Waals surface area contributed by atoms with Gasteiger partial charge in [0.25, 0.3) is 11.8 Å². The van der Waals surface area contributed by atoms with Gasteiger partial charge < -0.3 is 34.9 Å². The zero-order valence-electron chi connectivity index (χ0n) is 20.8. The first-order valence-corrected chi connectivity index (χ1v) is 12.2. The Balaban J connectivity index is 1.38. The van der Waals surface area contributed by atoms with Crippen molar-refractivity contribution in [2.45, 2.75) is 58.0 Å². The largest absolute Gasteiger partial charge is 0.460 e. The first kappa shape index (κ1) is 24.8. The van der Waals surface area contributed by atoms with Crippen molar-refractivity contribution in [1.29, 1.82) is 5.41 Å². The number of allylic oxidation sites excluding steroid dienone is 1. The van der Waals surface area contributed by atoms with Gasteiger partial charge in [-0.05, 0) is 51.3 Å². The minimum absolute atomic E-state index is 0.189. The molecule has 2 aromatic heterocycles. The summed E-state index contributed by atoms with van der Waals surface area (Å²) in [6, 6.07) is 4.31. The number of rotatable bonds is 7. The van der Waals surface area contributed by atoms with Crippen LogP contribution in [0, 0.1) is 19.3 Å². The number of ether oxygens (including phenoxy) is 1. The van der Waals surface area contributed by atoms with E-state index in [1.54, 1.807) is 50.1 Å². The van der Waals surface area contributed by atoms with E-state index in [4.69, 9.17) is 14.6 Å². The molecule has 0 radical (unpaired) electrons. The fourth-order valence-electron chi connectivity index (χ4n) is 4.76. The van der Waals surface area contributed by atoms with Gasteiger partial charge in [-0.25, -0.2) is 4.39 Å². The van der Waals surface area contributed by atoms with E-state index in [2.05, 4.69) is 10.3 Å². The lowest BCUT2D eigenvalue weighted by Crippen LogP contribution is -2.60. The molecule has 1 aromatic carbocycles. The molecule has 3 heterocycles. The van der Waals surface area contributed by atoms with E-state index in [1.807, 2.05) is 0 Å². The number of nitrogens with zero attached hydrogens (tertiary/aromatic N) is 1. The molecule has 4 atom stereocenters. The average molecular weight is 509 g/mol. The van der Waals surface area contributed by atoms with Gasteiger partial charge in [-0.2, -0.15) is 0 Å². The van der Waals surface area contributed by atoms with Crippen molar-refractivity contribution < 1.29 is 28.2 Å². The summed E-state index contributed by atoms with van der Waals surface area (Å²) in [6.45, 7) is 5.56. The molecular formula is C27H29FN4O5. The first-order chi connectivity index (χ1) is 17.7. The molecule has 0 unspecified atom stereocenters. The van der Waals surface area contributed by atoms with Gasteiger partial charge in [-0.1, -0.05) is 0 Å². The van der Waals surface area contributed by atoms with E-state index < -0.39 is 18.3 Å². The molecule has 37 heavy (non-hydrogen) atoms. The molecule has 2 aliphatic rings. The zero-order valence-corrected chi connectivity index (χ0v) is 20.8. The molecule has 1 aliphatic heterocycles. The summed E-state index contributed by atoms with van der Waals surface area (Å²) in [5.74, 6) is 0.591. The highest BCUT2D eigenvalue weighted by atomic mass is 19.1. The van der Waals surface area contributed by atoms with E-state index in [-0.39, 0.29) is 24.4 Å². The smallest absolute Gasteiger partial charge is 0.256 e. The highest BCUT2D eigenvalue weighted by Crippen LogP contribution is 2.33. The van der Waals surface area contributed by atoms with Crippen molar-refractivity contribution in [2.24, 2.45) is 0 Å². The quantitative estimate of drug-likeness (QED) is 0.284. The summed E-state index contributed by atoms with van der Waals surface area (Å²) in [6.07, 6.45) is 3.68. The third-order valence-corrected chi connectivity index (χ3v) is 7.34. The molecular weight excluding hydrogens is 479 g/mol. The van der Waals surface area contributed by atoms with Crippen LogP contribution in [-0.4, -0.2) is 63.9 Å². The maximum atomic E-state index is 13.6. The molecule has 1 saturated carbocycles. The number of β-amino-alcohol motifs (C(OH)–C–C–N with tert-alkyl or cyclic N) is 1. The molecule has 3 aromatic rings. The van der Waals surface area contributed by atoms with Gasteiger partial charge in [0.15, 0.2) is 5.76 Å². The van der Waals surface area contributed by atoms with Crippen molar-refractivity contribution in [2.75, 3.05) is 6.54 Å². The van der Waals surface area contributed by atoms with Crippen molar-refractivity contribution in [1.82, 2.24) is 15.2 Å². The van der Waals surface area contributed by atoms with Gasteiger partial charge in [0.1, 0.15) is 23.3 Å². The number of alkyl halides is 1. The Hall–Kier alpha value is -3.92. The number of aromatic nitrogens is 1. The molecule has 1 saturated heterocycles. The SMILES string of the molecule is Cc1oc2cc(O/C(=C/C=N)c3[nH]cc(C(=O)N4C[C@H](O)[C@@H]4C)c3C)ccc2c1C(=O)N[C@@H]1CC[C@@H]1F. The van der Waals surface area contributed by atoms with Crippen LogP contribution in [0.15, 0.2) is 34.9 Å². The van der Waals surface area contributed by atoms with E-state index in [0.717, 1.165) is 6.21 Å². The number of aliphatic hydroxyl groups is 1. The number of hydrogen-bond donors (Lipinski definition) is 4. The molecule has 10 heteroatoms. The molecule has 9 nitrogen and oxygen atoms in total. The summed E-state index contributed by atoms with van der Waals surface area (Å²) in [7, 11) is 0. The molecule has 2 fully saturated rings. The summed E-state index contributed by atoms with van der Waals surface area (Å²) < 4.78 is 25.5. The van der Waals surface area contributed by atoms with Crippen LogP contribution in [0.4, 0.5) is 4.39 Å². The van der Waals surface area contributed by atoms with Gasteiger partial charge in [0.2, 0.25) is 0 Å². The van der Waals surface area contributed by atoms with Crippen LogP contribution in [0.2, 0.25) is 0 Å². The third kappa shape index (κ3) is 4.31. The number of amides is 2. The number of benzene rings is 1. The van der Waals surface area contributed by atoms with Gasteiger partial charge in [0, 0.05) is 36.5 Å². The molecule has 0 spiro atoms. The van der Waals surface area contributed by atoms with Crippen molar-refractivity contribution in [3.05, 3.63) is 58.6 Å². The van der Waals surface area contributed by atoms with Crippen LogP contribution in [0.25, 0.3) is 16.7 Å². The predicted octanol–water partition coefficient (Wildman–Crippen LogP) is 3.88. The van der Waals surface area contributed by atoms with Gasteiger partial charge in [-0.15, -0.1) is 0 Å². The van der Waals surface area contributed by atoms with Crippen molar-refractivity contribution in [3.8, 4) is 5.75 Å². The summed E-state index contributed by atoms with van der Waals surface area (Å²) in [5, 5.41) is 20.7. The number of aryl methyl sites for hydroxylation is 1. The molecule has 4 N–H and O–H groups in total. The Morgan fingerprint density at radius 1 is 1.32 bits per heavy atom. The summed E-state index contributed by atoms with van der Waals surface area (Å²) >= 11 is 0. The standard InChI is InChI=1S/C27H29FN4O5/c1-13-18(27(35)32-12-21(33)14(32)2)11-30-25(13)22(8-9-29)37-16-4-5-17-23(10-16)36-15(3)24(17)26(34)31-20-7-6-19(20)28/h4-5,8-11,14,19-21,29-30,33H,6-7,12H2,1-3H3,(H,31,34)/b22-8+,29-9?/t14-,19-,20+,21-/m0/s1. The van der Waals surface area contributed by atoms with Crippen LogP contribution in [0.5, 0.6) is 5.75 Å². The summed E-state index contributed by atoms with van der Waals surface area (Å²) in [5.41, 5.74) is 2.46. The van der Waals surface area contributed by atoms with Crippen LogP contribution in [0.3, 0.4) is 0 Å². The number of carbonyl (C=O) groups excluding carboxylic acids is 2. The van der Waals surface area contributed by atoms with Crippen molar-refractivity contribution >= 4 is 34.8 Å². The van der Waals surface area contributed by atoms with Crippen LogP contribution in [-0.2, 0) is 0 Å². The summed E-state index contributed by atoms with van der Waals surface area (Å²) in [4.78, 5) is 30.4. The number of hydrogen-bond acceptors (Lipinski definition) is 6. The first-order valence-electron chi connectivity index (χ1n) is 12.2. The lowest BCUT2D eigenvalue weighted by molar-refractivity contribution is -0.0357. The maximum Gasteiger partial charge on any atom is 0.256 e. The van der Waals surface area contributed by atoms with E-state index in [9.17, 15) is 19.1 Å². The van der Waals surface area contributed by atoms with E-state index >= 15 is 0 Å². The van der Waals surface area contributed by atoms with Gasteiger partial charge in [-0.3, -0.25) is 9.59 Å². The Morgan fingerprint density at radius 2 is 2.11 bits per heavy atom. The highest BCUT2D eigenvalue weighted by Gasteiger charge is 2.38. The molecule has 194 valence electrons. The van der Waals surface area contributed by atoms with Crippen molar-refractivity contribution in [3.63, 3.8) is 0 Å². The lowest BCUT2D eigenvalue weighted by Gasteiger charge is -2.43. The Morgan fingerprint density at radius 3 is 2.73 bits per heavy atom. The number of likely N-dealkylation sites (tertiary alicyclic amines) is 1. The number of carbonyl (C=O) groups is 2. The number of furan rings is 1. The Labute approximate surface area is 212 Å². The van der Waals surface area contributed by atoms with Gasteiger partial charge >= 0.3 is 0 Å². The predicted molar refractivity (Wildman–Crippen MR) is 136 cm³/mol. The van der Waals surface area contributed by atoms with Crippen LogP contribution < -0.4 is 10.1 Å². The van der Waals surface area contributed by atoms with Crippen LogP contribution in [0.1, 0.15) is 57.5 Å². The molecule has 5 rings (SSSR count). The minimum Gasteiger partial charge on any atom is -0.460 e. The number of halogens is 1. The maximum absolute atomic E-state index is 13.6. The second-order valence-corrected chi connectivity index (χ2v) is 9.63. The Kier molecular flexibility index (Phi) is 6.36. The molecule has 1 aliphatic carbocycles. The second-order valence-electron chi connectivity index (χ2n) is 9.63. The fourth-order valence-corrected chi connectivity index (χ4v) is 4.76. The minimum atomic E-state index is -1.02. The highest BCUT2D eigenvalue weighted by molar-refractivity contribution is 6.07. The average Bonchev–Trinajstić information content (AvgIpc) is 3.42. The number of fused-ring (bicyclic) bond motifs is 1. The van der Waals surface area contributed by atoms with E-state index in [1.165, 1.54) is 6.08 Å². The normalized spacial score (nSPS) is 23.4. The third-order valence-electron chi connectivity index (χ3n) is 7.34. The van der Waals surface area contributed by atoms with Gasteiger partial charge in [0.05, 0.1) is 35.0 Å². The fraction of sp³-hybridized carbons (Fsp3) is 0.370. The Bertz CT molecular complexity index is 1420. The number of nitrogens with one attached hydrogen (secondary N) is 3. The second kappa shape index (κ2) is 9.51. The molecule has 0 bridgehead atoms. The number of aromatic amines is 1. The molecule has 2 amide bonds. The van der Waals surface area contributed by atoms with Crippen LogP contribution >= 0.6 is 0 Å². The number of H-pyrrole nitrogens is 1.